The van der Waals surface area contributed by atoms with E-state index in [0.29, 0.717) is 31.9 Å². The van der Waals surface area contributed by atoms with Crippen LogP contribution in [0.2, 0.25) is 5.02 Å². The van der Waals surface area contributed by atoms with Crippen molar-refractivity contribution in [2.24, 2.45) is 5.92 Å². The van der Waals surface area contributed by atoms with Gasteiger partial charge in [-0.05, 0) is 67.9 Å². The molecule has 44 heavy (non-hydrogen) atoms. The number of imide groups is 1. The van der Waals surface area contributed by atoms with Crippen molar-refractivity contribution in [3.63, 3.8) is 0 Å². The Labute approximate surface area is 265 Å². The zero-order valence-electron chi connectivity index (χ0n) is 23.6. The molecule has 9 nitrogen and oxygen atoms in total. The molecular weight excluding hydrogens is 622 g/mol. The lowest BCUT2D eigenvalue weighted by atomic mass is 9.83. The van der Waals surface area contributed by atoms with Crippen LogP contribution in [0.25, 0.3) is 0 Å². The number of amides is 3. The summed E-state index contributed by atoms with van der Waals surface area (Å²) in [5.41, 5.74) is 3.01. The van der Waals surface area contributed by atoms with E-state index in [9.17, 15) is 24.0 Å². The molecule has 1 saturated heterocycles. The Morgan fingerprint density at radius 1 is 0.932 bits per heavy atom. The van der Waals surface area contributed by atoms with Gasteiger partial charge in [0.15, 0.2) is 0 Å². The minimum atomic E-state index is -0.846. The van der Waals surface area contributed by atoms with Crippen molar-refractivity contribution in [2.45, 2.75) is 36.6 Å². The maximum Gasteiger partial charge on any atom is 0.338 e. The van der Waals surface area contributed by atoms with Crippen LogP contribution in [0.15, 0.2) is 82.6 Å². The first kappa shape index (κ1) is 29.9. The fraction of sp³-hybridized carbons (Fsp3) is 0.219. The third-order valence-corrected chi connectivity index (χ3v) is 10.4. The van der Waals surface area contributed by atoms with E-state index in [1.165, 1.54) is 16.7 Å². The minimum Gasteiger partial charge on any atom is -0.462 e. The first-order valence-electron chi connectivity index (χ1n) is 13.8. The Kier molecular flexibility index (Phi) is 8.19. The number of aromatic nitrogens is 1. The van der Waals surface area contributed by atoms with E-state index in [0.717, 1.165) is 39.1 Å². The van der Waals surface area contributed by atoms with E-state index in [2.05, 4.69) is 5.32 Å². The van der Waals surface area contributed by atoms with E-state index in [4.69, 9.17) is 16.3 Å². The number of esters is 1. The quantitative estimate of drug-likeness (QED) is 0.209. The van der Waals surface area contributed by atoms with Crippen molar-refractivity contribution in [1.29, 1.82) is 0 Å². The monoisotopic (exact) mass is 647 g/mol. The largest absolute Gasteiger partial charge is 0.462 e. The number of halogens is 1. The summed E-state index contributed by atoms with van der Waals surface area (Å²) < 4.78 is 6.42. The lowest BCUT2D eigenvalue weighted by Gasteiger charge is -2.30. The molecule has 12 heteroatoms. The number of thioether (sulfide) groups is 1. The third kappa shape index (κ3) is 5.47. The Balaban J connectivity index is 1.36. The van der Waals surface area contributed by atoms with E-state index >= 15 is 0 Å². The van der Waals surface area contributed by atoms with Crippen molar-refractivity contribution in [2.75, 3.05) is 16.8 Å². The molecule has 1 N–H and O–H groups in total. The number of carbonyl (C=O) groups excluding carboxylic acids is 4. The van der Waals surface area contributed by atoms with Gasteiger partial charge in [-0.25, -0.2) is 9.69 Å². The molecule has 2 aliphatic heterocycles. The van der Waals surface area contributed by atoms with Crippen LogP contribution in [-0.4, -0.2) is 40.1 Å². The molecular formula is C32H26ClN3O6S2. The van der Waals surface area contributed by atoms with Crippen LogP contribution in [-0.2, 0) is 25.7 Å². The highest BCUT2D eigenvalue weighted by molar-refractivity contribution is 8.00. The van der Waals surface area contributed by atoms with Gasteiger partial charge in [0.05, 0.1) is 28.8 Å². The van der Waals surface area contributed by atoms with Gasteiger partial charge in [0.25, 0.3) is 0 Å². The molecule has 224 valence electrons. The minimum absolute atomic E-state index is 0.221. The number of ether oxygens (including phenoxy) is 1. The molecule has 6 rings (SSSR count). The standard InChI is InChI=1S/C32H26ClN3O6S2/c1-3-42-31(40)19-8-14-22(15-9-19)36-28(38)25-24(18-6-10-20(33)11-7-18)27-30(43-26(25)29(36)39)35(32(41)44-27)16-23(37)34-21-12-4-17(2)5-13-21/h4-15,24-26H,3,16H2,1-2H3,(H,34,37)/t24-,25?,26?/m1/s1. The van der Waals surface area contributed by atoms with Crippen LogP contribution in [0.3, 0.4) is 0 Å². The number of benzene rings is 3. The second kappa shape index (κ2) is 12.1. The second-order valence-corrected chi connectivity index (χ2v) is 13.0. The van der Waals surface area contributed by atoms with Crippen molar-refractivity contribution >= 4 is 69.8 Å². The Morgan fingerprint density at radius 3 is 2.27 bits per heavy atom. The van der Waals surface area contributed by atoms with Crippen molar-refractivity contribution in [1.82, 2.24) is 4.57 Å². The molecule has 0 aliphatic carbocycles. The van der Waals surface area contributed by atoms with Gasteiger partial charge in [-0.15, -0.1) is 0 Å². The van der Waals surface area contributed by atoms with Gasteiger partial charge >= 0.3 is 10.8 Å². The van der Waals surface area contributed by atoms with Crippen molar-refractivity contribution < 1.29 is 23.9 Å². The highest BCUT2D eigenvalue weighted by Gasteiger charge is 2.56. The number of nitrogens with zero attached hydrogens (tertiary/aromatic N) is 2. The number of hydrogen-bond donors (Lipinski definition) is 1. The maximum atomic E-state index is 14.1. The molecule has 0 radical (unpaired) electrons. The predicted octanol–water partition coefficient (Wildman–Crippen LogP) is 5.48. The number of thiazole rings is 1. The zero-order chi connectivity index (χ0) is 31.1. The van der Waals surface area contributed by atoms with Crippen LogP contribution in [0.4, 0.5) is 11.4 Å². The van der Waals surface area contributed by atoms with Crippen molar-refractivity contribution in [3.05, 3.63) is 109 Å². The molecule has 3 heterocycles. The average Bonchev–Trinajstić information content (AvgIpc) is 3.45. The highest BCUT2D eigenvalue weighted by Crippen LogP contribution is 2.54. The summed E-state index contributed by atoms with van der Waals surface area (Å²) in [6.45, 7) is 3.62. The summed E-state index contributed by atoms with van der Waals surface area (Å²) in [5, 5.41) is 2.97. The van der Waals surface area contributed by atoms with Gasteiger partial charge in [0, 0.05) is 21.5 Å². The van der Waals surface area contributed by atoms with E-state index in [1.54, 1.807) is 55.5 Å². The Hall–Kier alpha value is -4.19. The van der Waals surface area contributed by atoms with Crippen LogP contribution >= 0.6 is 34.7 Å². The van der Waals surface area contributed by atoms with Gasteiger partial charge in [-0.3, -0.25) is 23.7 Å². The molecule has 3 aromatic carbocycles. The molecule has 0 bridgehead atoms. The van der Waals surface area contributed by atoms with Gasteiger partial charge in [-0.2, -0.15) is 0 Å². The summed E-state index contributed by atoms with van der Waals surface area (Å²) in [6.07, 6.45) is 0. The molecule has 1 aromatic heterocycles. The summed E-state index contributed by atoms with van der Waals surface area (Å²) in [4.78, 5) is 67.9. The van der Waals surface area contributed by atoms with Gasteiger partial charge < -0.3 is 10.1 Å². The number of anilines is 2. The fourth-order valence-corrected chi connectivity index (χ4v) is 8.38. The molecule has 2 unspecified atom stereocenters. The molecule has 3 atom stereocenters. The van der Waals surface area contributed by atoms with Crippen LogP contribution in [0.1, 0.15) is 39.2 Å². The molecule has 0 saturated carbocycles. The van der Waals surface area contributed by atoms with Gasteiger partial charge in [-0.1, -0.05) is 64.5 Å². The first-order valence-corrected chi connectivity index (χ1v) is 15.9. The van der Waals surface area contributed by atoms with Gasteiger partial charge in [0.1, 0.15) is 11.8 Å². The van der Waals surface area contributed by atoms with E-state index in [1.807, 2.05) is 19.1 Å². The summed E-state index contributed by atoms with van der Waals surface area (Å²) in [5.74, 6) is -3.16. The molecule has 4 aromatic rings. The summed E-state index contributed by atoms with van der Waals surface area (Å²) in [7, 11) is 0. The molecule has 3 amide bonds. The lowest BCUT2D eigenvalue weighted by Crippen LogP contribution is -2.33. The number of hydrogen-bond acceptors (Lipinski definition) is 8. The Morgan fingerprint density at radius 2 is 1.61 bits per heavy atom. The number of nitrogens with one attached hydrogen (secondary N) is 1. The lowest BCUT2D eigenvalue weighted by molar-refractivity contribution is -0.122. The second-order valence-electron chi connectivity index (χ2n) is 10.4. The van der Waals surface area contributed by atoms with Crippen LogP contribution < -0.4 is 15.1 Å². The predicted molar refractivity (Wildman–Crippen MR) is 170 cm³/mol. The number of rotatable bonds is 7. The van der Waals surface area contributed by atoms with E-state index < -0.39 is 34.9 Å². The van der Waals surface area contributed by atoms with Crippen LogP contribution in [0.5, 0.6) is 0 Å². The topological polar surface area (TPSA) is 115 Å². The fourth-order valence-electron chi connectivity index (χ4n) is 5.48. The summed E-state index contributed by atoms with van der Waals surface area (Å²) >= 11 is 8.28. The maximum absolute atomic E-state index is 14.1. The molecule has 2 aliphatic rings. The highest BCUT2D eigenvalue weighted by atomic mass is 35.5. The first-order chi connectivity index (χ1) is 21.2. The molecule has 0 spiro atoms. The number of aryl methyl sites for hydroxylation is 1. The van der Waals surface area contributed by atoms with E-state index in [-0.39, 0.29) is 23.9 Å². The normalized spacial score (nSPS) is 19.0. The average molecular weight is 648 g/mol. The zero-order valence-corrected chi connectivity index (χ0v) is 26.0. The SMILES string of the molecule is CCOC(=O)c1ccc(N2C(=O)C3Sc4c(sc(=O)n4CC(=O)Nc4ccc(C)cc4)[C@H](c4ccc(Cl)cc4)C3C2=O)cc1. The summed E-state index contributed by atoms with van der Waals surface area (Å²) in [6, 6.07) is 20.4. The number of carbonyl (C=O) groups is 4. The molecule has 1 fully saturated rings. The number of fused-ring (bicyclic) bond motifs is 2. The Bertz CT molecular complexity index is 1830. The van der Waals surface area contributed by atoms with Gasteiger partial charge in [0.2, 0.25) is 17.7 Å². The van der Waals surface area contributed by atoms with Crippen LogP contribution in [0, 0.1) is 12.8 Å². The third-order valence-electron chi connectivity index (χ3n) is 7.55. The van der Waals surface area contributed by atoms with Crippen molar-refractivity contribution in [3.8, 4) is 0 Å². The smallest absolute Gasteiger partial charge is 0.338 e.